The topological polar surface area (TPSA) is 130 Å². The van der Waals surface area contributed by atoms with Gasteiger partial charge in [0.05, 0.1) is 15.5 Å². The number of benzene rings is 1. The average Bonchev–Trinajstić information content (AvgIpc) is 3.66. The molecule has 0 unspecified atom stereocenters. The number of hydrogen-bond acceptors (Lipinski definition) is 7. The number of amides is 1. The number of hydrogen-bond donors (Lipinski definition) is 2. The Balaban J connectivity index is 1.47. The second-order valence-electron chi connectivity index (χ2n) is 9.04. The molecule has 1 aliphatic heterocycles. The fraction of sp³-hybridized carbons (Fsp3) is 0.280. The lowest BCUT2D eigenvalue weighted by atomic mass is 10.1. The van der Waals surface area contributed by atoms with Crippen molar-refractivity contribution in [2.75, 3.05) is 18.4 Å². The lowest BCUT2D eigenvalue weighted by Crippen LogP contribution is -2.27. The number of anilines is 1. The summed E-state index contributed by atoms with van der Waals surface area (Å²) < 4.78 is 28.5. The number of carbonyl (C=O) groups excluding carboxylic acids is 1. The summed E-state index contributed by atoms with van der Waals surface area (Å²) in [6, 6.07) is 12.8. The molecular formula is C25H26N6O4S2. The van der Waals surface area contributed by atoms with Crippen LogP contribution < -0.4 is 10.9 Å². The first kappa shape index (κ1) is 25.1. The number of sulfonamides is 1. The Kier molecular flexibility index (Phi) is 6.80. The van der Waals surface area contributed by atoms with Crippen molar-refractivity contribution >= 4 is 33.1 Å². The van der Waals surface area contributed by atoms with Crippen LogP contribution in [0, 0.1) is 0 Å². The van der Waals surface area contributed by atoms with E-state index in [2.05, 4.69) is 20.4 Å². The van der Waals surface area contributed by atoms with Gasteiger partial charge in [0.1, 0.15) is 11.5 Å². The lowest BCUT2D eigenvalue weighted by molar-refractivity contribution is 0.102. The smallest absolute Gasteiger partial charge is 0.256 e. The standard InChI is InChI=1S/C25H26N6O4S2/c1-16(2)19-15-23(32)28-25(26-19)31-22(14-20(29-31)21-6-5-13-36-21)27-24(33)17-7-9-18(10-8-17)37(34,35)30-11-3-4-12-30/h5-10,13-16H,3-4,11-12H2,1-2H3,(H,27,33)(H,26,28,32). The molecule has 5 rings (SSSR count). The SMILES string of the molecule is CC(C)c1cc(=O)[nH]c(-n2nc(-c3cccs3)cc2NC(=O)c2ccc(S(=O)(=O)N3CCCC3)cc2)n1. The second kappa shape index (κ2) is 10.0. The van der Waals surface area contributed by atoms with Crippen molar-refractivity contribution in [1.82, 2.24) is 24.1 Å². The molecule has 1 amide bonds. The van der Waals surface area contributed by atoms with Crippen molar-refractivity contribution in [2.24, 2.45) is 0 Å². The number of carbonyl (C=O) groups is 1. The predicted molar refractivity (Wildman–Crippen MR) is 142 cm³/mol. The van der Waals surface area contributed by atoms with E-state index in [4.69, 9.17) is 0 Å². The number of nitrogens with one attached hydrogen (secondary N) is 2. The number of aromatic nitrogens is 4. The van der Waals surface area contributed by atoms with Crippen LogP contribution in [0.2, 0.25) is 0 Å². The first-order chi connectivity index (χ1) is 17.7. The van der Waals surface area contributed by atoms with E-state index in [9.17, 15) is 18.0 Å². The van der Waals surface area contributed by atoms with Gasteiger partial charge in [0.15, 0.2) is 0 Å². The minimum absolute atomic E-state index is 0.0155. The molecule has 12 heteroatoms. The van der Waals surface area contributed by atoms with Crippen molar-refractivity contribution in [1.29, 1.82) is 0 Å². The van der Waals surface area contributed by atoms with E-state index in [1.807, 2.05) is 31.4 Å². The highest BCUT2D eigenvalue weighted by atomic mass is 32.2. The summed E-state index contributed by atoms with van der Waals surface area (Å²) in [6.07, 6.45) is 1.70. The van der Waals surface area contributed by atoms with Crippen LogP contribution in [-0.4, -0.2) is 51.5 Å². The molecule has 10 nitrogen and oxygen atoms in total. The highest BCUT2D eigenvalue weighted by molar-refractivity contribution is 7.89. The molecule has 1 aliphatic rings. The monoisotopic (exact) mass is 538 g/mol. The fourth-order valence-corrected chi connectivity index (χ4v) is 6.28. The van der Waals surface area contributed by atoms with E-state index in [0.29, 0.717) is 30.3 Å². The Labute approximate surface area is 218 Å². The Morgan fingerprint density at radius 1 is 1.11 bits per heavy atom. The summed E-state index contributed by atoms with van der Waals surface area (Å²) in [5.74, 6) is 0.0562. The lowest BCUT2D eigenvalue weighted by Gasteiger charge is -2.15. The van der Waals surface area contributed by atoms with Crippen LogP contribution >= 0.6 is 11.3 Å². The highest BCUT2D eigenvalue weighted by Gasteiger charge is 2.27. The summed E-state index contributed by atoms with van der Waals surface area (Å²) in [7, 11) is -3.57. The molecule has 3 aromatic heterocycles. The molecule has 0 radical (unpaired) electrons. The van der Waals surface area contributed by atoms with Crippen LogP contribution in [0.1, 0.15) is 48.7 Å². The molecule has 4 aromatic rings. The largest absolute Gasteiger partial charge is 0.306 e. The van der Waals surface area contributed by atoms with E-state index < -0.39 is 15.9 Å². The zero-order chi connectivity index (χ0) is 26.2. The van der Waals surface area contributed by atoms with Gasteiger partial charge < -0.3 is 5.32 Å². The number of aromatic amines is 1. The van der Waals surface area contributed by atoms with Gasteiger partial charge in [-0.25, -0.2) is 13.4 Å². The first-order valence-electron chi connectivity index (χ1n) is 11.9. The van der Waals surface area contributed by atoms with E-state index in [-0.39, 0.29) is 27.9 Å². The summed E-state index contributed by atoms with van der Waals surface area (Å²) in [4.78, 5) is 33.7. The summed E-state index contributed by atoms with van der Waals surface area (Å²) in [5, 5.41) is 9.35. The molecule has 2 N–H and O–H groups in total. The second-order valence-corrected chi connectivity index (χ2v) is 11.9. The van der Waals surface area contributed by atoms with E-state index in [1.165, 1.54) is 50.7 Å². The van der Waals surface area contributed by atoms with Gasteiger partial charge in [-0.15, -0.1) is 11.3 Å². The third-order valence-electron chi connectivity index (χ3n) is 6.09. The minimum atomic E-state index is -3.57. The molecule has 4 heterocycles. The van der Waals surface area contributed by atoms with Gasteiger partial charge in [-0.05, 0) is 54.5 Å². The summed E-state index contributed by atoms with van der Waals surface area (Å²) >= 11 is 1.49. The molecule has 0 spiro atoms. The highest BCUT2D eigenvalue weighted by Crippen LogP contribution is 2.28. The third-order valence-corrected chi connectivity index (χ3v) is 8.89. The zero-order valence-electron chi connectivity index (χ0n) is 20.3. The summed E-state index contributed by atoms with van der Waals surface area (Å²) in [5.41, 5.74) is 1.16. The number of thiophene rings is 1. The molecule has 1 fully saturated rings. The van der Waals surface area contributed by atoms with Crippen molar-refractivity contribution in [2.45, 2.75) is 37.5 Å². The molecule has 37 heavy (non-hydrogen) atoms. The number of H-pyrrole nitrogens is 1. The Hall–Kier alpha value is -3.61. The van der Waals surface area contributed by atoms with E-state index >= 15 is 0 Å². The van der Waals surface area contributed by atoms with Crippen LogP contribution in [0.3, 0.4) is 0 Å². The molecular weight excluding hydrogens is 512 g/mol. The van der Waals surface area contributed by atoms with Crippen molar-refractivity contribution in [3.63, 3.8) is 0 Å². The van der Waals surface area contributed by atoms with Gasteiger partial charge in [0.25, 0.3) is 11.5 Å². The van der Waals surface area contributed by atoms with Crippen molar-refractivity contribution in [3.8, 4) is 16.5 Å². The maximum atomic E-state index is 13.2. The minimum Gasteiger partial charge on any atom is -0.306 e. The third kappa shape index (κ3) is 5.13. The van der Waals surface area contributed by atoms with Crippen LogP contribution in [0.5, 0.6) is 0 Å². The van der Waals surface area contributed by atoms with Crippen molar-refractivity contribution < 1.29 is 13.2 Å². The van der Waals surface area contributed by atoms with E-state index in [1.54, 1.807) is 6.07 Å². The fourth-order valence-electron chi connectivity index (χ4n) is 4.08. The maximum Gasteiger partial charge on any atom is 0.256 e. The van der Waals surface area contributed by atoms with Gasteiger partial charge in [-0.3, -0.25) is 14.6 Å². The van der Waals surface area contributed by atoms with Gasteiger partial charge in [-0.2, -0.15) is 14.1 Å². The molecule has 0 atom stereocenters. The van der Waals surface area contributed by atoms with Gasteiger partial charge in [0.2, 0.25) is 16.0 Å². The Morgan fingerprint density at radius 2 is 1.84 bits per heavy atom. The van der Waals surface area contributed by atoms with Gasteiger partial charge in [-0.1, -0.05) is 19.9 Å². The molecule has 0 saturated carbocycles. The normalized spacial score (nSPS) is 14.4. The number of rotatable bonds is 7. The average molecular weight is 539 g/mol. The number of nitrogens with zero attached hydrogens (tertiary/aromatic N) is 4. The van der Waals surface area contributed by atoms with Crippen LogP contribution in [0.4, 0.5) is 5.82 Å². The quantitative estimate of drug-likeness (QED) is 0.368. The van der Waals surface area contributed by atoms with Gasteiger partial charge >= 0.3 is 0 Å². The van der Waals surface area contributed by atoms with Gasteiger partial charge in [0, 0.05) is 30.8 Å². The molecule has 1 aromatic carbocycles. The first-order valence-corrected chi connectivity index (χ1v) is 14.2. The maximum absolute atomic E-state index is 13.2. The Bertz CT molecular complexity index is 1580. The predicted octanol–water partition coefficient (Wildman–Crippen LogP) is 3.84. The van der Waals surface area contributed by atoms with Crippen LogP contribution in [0.25, 0.3) is 16.5 Å². The van der Waals surface area contributed by atoms with Crippen molar-refractivity contribution in [3.05, 3.63) is 75.5 Å². The zero-order valence-corrected chi connectivity index (χ0v) is 22.0. The molecule has 1 saturated heterocycles. The molecule has 192 valence electrons. The Morgan fingerprint density at radius 3 is 2.49 bits per heavy atom. The van der Waals surface area contributed by atoms with Crippen LogP contribution in [0.15, 0.2) is 63.6 Å². The molecule has 0 bridgehead atoms. The molecule has 0 aliphatic carbocycles. The summed E-state index contributed by atoms with van der Waals surface area (Å²) in [6.45, 7) is 4.88. The van der Waals surface area contributed by atoms with Crippen LogP contribution in [-0.2, 0) is 10.0 Å². The van der Waals surface area contributed by atoms with E-state index in [0.717, 1.165) is 17.7 Å².